The Hall–Kier alpha value is -0.0400. The molecule has 0 amide bonds. The van der Waals surface area contributed by atoms with E-state index in [1.165, 1.54) is 0 Å². The van der Waals surface area contributed by atoms with Gasteiger partial charge in [0.25, 0.3) is 0 Å². The summed E-state index contributed by atoms with van der Waals surface area (Å²) in [6.45, 7) is 0. The van der Waals surface area contributed by atoms with E-state index in [1.807, 2.05) is 24.3 Å². The molecule has 2 rings (SSSR count). The summed E-state index contributed by atoms with van der Waals surface area (Å²) in [4.78, 5) is 0. The molecule has 0 bridgehead atoms. The summed E-state index contributed by atoms with van der Waals surface area (Å²) < 4.78 is 1.09. The highest BCUT2D eigenvalue weighted by Gasteiger charge is 2.16. The zero-order valence-electron chi connectivity index (χ0n) is 10.3. The van der Waals surface area contributed by atoms with Crippen LogP contribution in [-0.4, -0.2) is 0 Å². The highest BCUT2D eigenvalue weighted by Crippen LogP contribution is 2.29. The largest absolute Gasteiger partial charge is 0.271 e. The Labute approximate surface area is 146 Å². The van der Waals surface area contributed by atoms with Crippen LogP contribution in [0, 0.1) is 3.57 Å². The second-order valence-electron chi connectivity index (χ2n) is 4.32. The maximum atomic E-state index is 6.20. The molecule has 106 valence electrons. The van der Waals surface area contributed by atoms with Crippen LogP contribution in [0.5, 0.6) is 0 Å². The molecule has 0 aliphatic heterocycles. The van der Waals surface area contributed by atoms with E-state index in [1.54, 1.807) is 12.1 Å². The van der Waals surface area contributed by atoms with Crippen LogP contribution in [0.3, 0.4) is 0 Å². The van der Waals surface area contributed by atoms with Crippen molar-refractivity contribution in [3.63, 3.8) is 0 Å². The maximum Gasteiger partial charge on any atom is 0.0511 e. The highest BCUT2D eigenvalue weighted by molar-refractivity contribution is 14.1. The van der Waals surface area contributed by atoms with Gasteiger partial charge in [0.15, 0.2) is 0 Å². The lowest BCUT2D eigenvalue weighted by Gasteiger charge is -2.19. The SMILES string of the molecule is NNC(Cc1cc(Cl)ccc1Cl)c1cc(Cl)ccc1I. The van der Waals surface area contributed by atoms with Gasteiger partial charge in [-0.05, 0) is 76.5 Å². The number of nitrogens with two attached hydrogens (primary N) is 1. The summed E-state index contributed by atoms with van der Waals surface area (Å²) in [5.74, 6) is 5.69. The number of hydrogen-bond donors (Lipinski definition) is 2. The van der Waals surface area contributed by atoms with Crippen LogP contribution >= 0.6 is 57.4 Å². The van der Waals surface area contributed by atoms with Crippen molar-refractivity contribution in [2.24, 2.45) is 5.84 Å². The number of hydrazine groups is 1. The molecule has 2 aromatic rings. The molecule has 2 nitrogen and oxygen atoms in total. The number of halogens is 4. The third-order valence-electron chi connectivity index (χ3n) is 2.97. The summed E-state index contributed by atoms with van der Waals surface area (Å²) in [7, 11) is 0. The van der Waals surface area contributed by atoms with Gasteiger partial charge in [-0.1, -0.05) is 34.8 Å². The number of benzene rings is 2. The van der Waals surface area contributed by atoms with Crippen LogP contribution in [-0.2, 0) is 6.42 Å². The number of hydrogen-bond acceptors (Lipinski definition) is 2. The molecule has 0 aromatic heterocycles. The maximum absolute atomic E-state index is 6.20. The first-order chi connectivity index (χ1) is 9.51. The molecule has 1 unspecified atom stereocenters. The van der Waals surface area contributed by atoms with E-state index in [4.69, 9.17) is 40.6 Å². The second kappa shape index (κ2) is 7.29. The standard InChI is InChI=1S/C14H12Cl3IN2/c15-9-1-3-12(17)8(5-9)6-14(20-19)11-7-10(16)2-4-13(11)18/h1-5,7,14,20H,6,19H2. The Kier molecular flexibility index (Phi) is 5.95. The van der Waals surface area contributed by atoms with Gasteiger partial charge in [-0.3, -0.25) is 11.3 Å². The Bertz CT molecular complexity index is 619. The van der Waals surface area contributed by atoms with E-state index < -0.39 is 0 Å². The van der Waals surface area contributed by atoms with Crippen molar-refractivity contribution in [1.29, 1.82) is 0 Å². The summed E-state index contributed by atoms with van der Waals surface area (Å²) in [5, 5.41) is 2.01. The second-order valence-corrected chi connectivity index (χ2v) is 6.77. The average Bonchev–Trinajstić information content (AvgIpc) is 2.42. The van der Waals surface area contributed by atoms with Gasteiger partial charge in [-0.15, -0.1) is 0 Å². The molecule has 2 aromatic carbocycles. The molecule has 20 heavy (non-hydrogen) atoms. The van der Waals surface area contributed by atoms with Crippen LogP contribution in [0.25, 0.3) is 0 Å². The molecule has 0 aliphatic rings. The van der Waals surface area contributed by atoms with Crippen LogP contribution in [0.4, 0.5) is 0 Å². The van der Waals surface area contributed by atoms with Gasteiger partial charge in [0.2, 0.25) is 0 Å². The zero-order valence-corrected chi connectivity index (χ0v) is 14.8. The number of nitrogens with one attached hydrogen (secondary N) is 1. The third-order valence-corrected chi connectivity index (χ3v) is 4.79. The normalized spacial score (nSPS) is 12.4. The summed E-state index contributed by atoms with van der Waals surface area (Å²) in [5.41, 5.74) is 4.80. The minimum Gasteiger partial charge on any atom is -0.271 e. The van der Waals surface area contributed by atoms with Gasteiger partial charge in [0.05, 0.1) is 6.04 Å². The Morgan fingerprint density at radius 1 is 1.05 bits per heavy atom. The molecule has 0 spiro atoms. The third kappa shape index (κ3) is 4.00. The van der Waals surface area contributed by atoms with Gasteiger partial charge in [0, 0.05) is 18.6 Å². The van der Waals surface area contributed by atoms with Gasteiger partial charge >= 0.3 is 0 Å². The minimum absolute atomic E-state index is 0.0865. The first-order valence-electron chi connectivity index (χ1n) is 5.86. The molecule has 0 aliphatic carbocycles. The predicted octanol–water partition coefficient (Wildman–Crippen LogP) is 5.00. The highest BCUT2D eigenvalue weighted by atomic mass is 127. The minimum atomic E-state index is -0.0865. The molecule has 3 N–H and O–H groups in total. The van der Waals surface area contributed by atoms with E-state index >= 15 is 0 Å². The van der Waals surface area contributed by atoms with Gasteiger partial charge in [-0.25, -0.2) is 0 Å². The van der Waals surface area contributed by atoms with E-state index in [-0.39, 0.29) is 6.04 Å². The van der Waals surface area contributed by atoms with Gasteiger partial charge in [-0.2, -0.15) is 0 Å². The summed E-state index contributed by atoms with van der Waals surface area (Å²) >= 11 is 20.5. The fraction of sp³-hybridized carbons (Fsp3) is 0.143. The molecule has 0 saturated heterocycles. The fourth-order valence-electron chi connectivity index (χ4n) is 1.96. The van der Waals surface area contributed by atoms with Crippen molar-refractivity contribution < 1.29 is 0 Å². The monoisotopic (exact) mass is 440 g/mol. The fourth-order valence-corrected chi connectivity index (χ4v) is 3.24. The van der Waals surface area contributed by atoms with Crippen LogP contribution in [0.2, 0.25) is 15.1 Å². The van der Waals surface area contributed by atoms with E-state index in [2.05, 4.69) is 28.0 Å². The van der Waals surface area contributed by atoms with Crippen molar-refractivity contribution in [3.8, 4) is 0 Å². The predicted molar refractivity (Wildman–Crippen MR) is 94.4 cm³/mol. The Morgan fingerprint density at radius 3 is 2.40 bits per heavy atom. The van der Waals surface area contributed by atoms with Gasteiger partial charge < -0.3 is 0 Å². The smallest absolute Gasteiger partial charge is 0.0511 e. The van der Waals surface area contributed by atoms with Gasteiger partial charge in [0.1, 0.15) is 0 Å². The van der Waals surface area contributed by atoms with Crippen molar-refractivity contribution in [1.82, 2.24) is 5.43 Å². The average molecular weight is 442 g/mol. The number of rotatable bonds is 4. The molecular weight excluding hydrogens is 429 g/mol. The molecule has 0 fully saturated rings. The quantitative estimate of drug-likeness (QED) is 0.398. The van der Waals surface area contributed by atoms with Crippen molar-refractivity contribution >= 4 is 57.4 Å². The zero-order chi connectivity index (χ0) is 14.7. The van der Waals surface area contributed by atoms with Crippen LogP contribution in [0.15, 0.2) is 36.4 Å². The van der Waals surface area contributed by atoms with Crippen molar-refractivity contribution in [2.75, 3.05) is 0 Å². The Balaban J connectivity index is 2.33. The Morgan fingerprint density at radius 2 is 1.70 bits per heavy atom. The summed E-state index contributed by atoms with van der Waals surface area (Å²) in [6.07, 6.45) is 0.631. The van der Waals surface area contributed by atoms with Crippen molar-refractivity contribution in [2.45, 2.75) is 12.5 Å². The lowest BCUT2D eigenvalue weighted by atomic mass is 9.99. The first kappa shape index (κ1) is 16.3. The molecule has 1 atom stereocenters. The lowest BCUT2D eigenvalue weighted by molar-refractivity contribution is 0.550. The first-order valence-corrected chi connectivity index (χ1v) is 8.07. The summed E-state index contributed by atoms with van der Waals surface area (Å²) in [6, 6.07) is 11.0. The topological polar surface area (TPSA) is 38.0 Å². The molecule has 6 heteroatoms. The lowest BCUT2D eigenvalue weighted by Crippen LogP contribution is -2.30. The van der Waals surface area contributed by atoms with E-state index in [0.29, 0.717) is 21.5 Å². The molecule has 0 saturated carbocycles. The molecule has 0 heterocycles. The van der Waals surface area contributed by atoms with Crippen molar-refractivity contribution in [3.05, 3.63) is 66.2 Å². The van der Waals surface area contributed by atoms with E-state index in [0.717, 1.165) is 14.7 Å². The van der Waals surface area contributed by atoms with Crippen LogP contribution in [0.1, 0.15) is 17.2 Å². The van der Waals surface area contributed by atoms with Crippen LogP contribution < -0.4 is 11.3 Å². The molecular formula is C14H12Cl3IN2. The molecule has 0 radical (unpaired) electrons. The van der Waals surface area contributed by atoms with E-state index in [9.17, 15) is 0 Å².